The second kappa shape index (κ2) is 9.78. The molecule has 11 heteroatoms. The number of carboxylic acid groups (broad SMARTS) is 1. The molecule has 0 saturated carbocycles. The number of carbonyl (C=O) groups is 2. The van der Waals surface area contributed by atoms with Gasteiger partial charge >= 0.3 is 12.0 Å². The first-order valence-corrected chi connectivity index (χ1v) is 8.53. The Balaban J connectivity index is 2.19. The van der Waals surface area contributed by atoms with Crippen LogP contribution in [0, 0.1) is 0 Å². The van der Waals surface area contributed by atoms with E-state index in [0.29, 0.717) is 0 Å². The third kappa shape index (κ3) is 5.74. The van der Waals surface area contributed by atoms with Crippen molar-refractivity contribution in [1.29, 1.82) is 0 Å². The highest BCUT2D eigenvalue weighted by Gasteiger charge is 2.28. The van der Waals surface area contributed by atoms with Crippen LogP contribution < -0.4 is 16.4 Å². The van der Waals surface area contributed by atoms with Gasteiger partial charge in [-0.15, -0.1) is 0 Å². The zero-order chi connectivity index (χ0) is 20.7. The topological polar surface area (TPSA) is 184 Å². The van der Waals surface area contributed by atoms with Crippen LogP contribution in [0.5, 0.6) is 0 Å². The molecular weight excluding hydrogens is 370 g/mol. The van der Waals surface area contributed by atoms with E-state index in [1.165, 1.54) is 6.92 Å². The molecule has 0 radical (unpaired) electrons. The number of aromatic nitrogens is 2. The lowest BCUT2D eigenvalue weighted by molar-refractivity contribution is -0.141. The average molecular weight is 393 g/mol. The number of carboxylic acids is 1. The van der Waals surface area contributed by atoms with Crippen molar-refractivity contribution in [3.8, 4) is 0 Å². The van der Waals surface area contributed by atoms with Gasteiger partial charge in [0.1, 0.15) is 6.04 Å². The highest BCUT2D eigenvalue weighted by molar-refractivity contribution is 5.83. The minimum absolute atomic E-state index is 0.0434. The molecule has 0 saturated heterocycles. The molecule has 11 nitrogen and oxygen atoms in total. The van der Waals surface area contributed by atoms with Gasteiger partial charge in [0.25, 0.3) is 0 Å². The van der Waals surface area contributed by atoms with Crippen LogP contribution in [0.4, 0.5) is 4.79 Å². The van der Waals surface area contributed by atoms with Crippen molar-refractivity contribution in [2.75, 3.05) is 6.61 Å². The Morgan fingerprint density at radius 2 is 1.93 bits per heavy atom. The summed E-state index contributed by atoms with van der Waals surface area (Å²) in [5.41, 5.74) is 6.52. The highest BCUT2D eigenvalue weighted by Crippen LogP contribution is 2.18. The monoisotopic (exact) mass is 393 g/mol. The summed E-state index contributed by atoms with van der Waals surface area (Å²) < 4.78 is 5.16. The number of hydrogen-bond donors (Lipinski definition) is 6. The van der Waals surface area contributed by atoms with Gasteiger partial charge in [-0.05, 0) is 12.5 Å². The van der Waals surface area contributed by atoms with Crippen LogP contribution in [-0.2, 0) is 11.2 Å². The van der Waals surface area contributed by atoms with E-state index >= 15 is 0 Å². The van der Waals surface area contributed by atoms with Crippen LogP contribution in [0.3, 0.4) is 0 Å². The lowest BCUT2D eigenvalue weighted by Gasteiger charge is -2.20. The van der Waals surface area contributed by atoms with E-state index < -0.39 is 36.2 Å². The number of nitrogens with zero attached hydrogens (tertiary/aromatic N) is 2. The molecule has 1 aromatic heterocycles. The van der Waals surface area contributed by atoms with Crippen LogP contribution in [0.25, 0.3) is 0 Å². The molecule has 0 bridgehead atoms. The number of aliphatic hydroxyl groups excluding tert-OH is 2. The van der Waals surface area contributed by atoms with Crippen LogP contribution in [0.2, 0.25) is 0 Å². The first-order valence-electron chi connectivity index (χ1n) is 8.53. The lowest BCUT2D eigenvalue weighted by Crippen LogP contribution is -2.51. The van der Waals surface area contributed by atoms with Crippen molar-refractivity contribution in [1.82, 2.24) is 20.8 Å². The molecule has 152 valence electrons. The summed E-state index contributed by atoms with van der Waals surface area (Å²) in [7, 11) is 0. The Hall–Kier alpha value is -3.02. The average Bonchev–Trinajstić information content (AvgIpc) is 3.15. The fourth-order valence-corrected chi connectivity index (χ4v) is 2.40. The molecule has 1 heterocycles. The molecule has 0 aliphatic heterocycles. The van der Waals surface area contributed by atoms with Gasteiger partial charge in [0, 0.05) is 6.42 Å². The van der Waals surface area contributed by atoms with Crippen LogP contribution in [0.1, 0.15) is 36.3 Å². The summed E-state index contributed by atoms with van der Waals surface area (Å²) >= 11 is 0. The zero-order valence-electron chi connectivity index (χ0n) is 15.1. The number of carbonyl (C=O) groups excluding carboxylic acids is 1. The summed E-state index contributed by atoms with van der Waals surface area (Å²) in [6, 6.07) is 5.19. The van der Waals surface area contributed by atoms with Gasteiger partial charge in [0.2, 0.25) is 5.89 Å². The van der Waals surface area contributed by atoms with Crippen molar-refractivity contribution < 1.29 is 29.4 Å². The Kier molecular flexibility index (Phi) is 7.44. The predicted octanol–water partition coefficient (Wildman–Crippen LogP) is -0.521. The van der Waals surface area contributed by atoms with Crippen molar-refractivity contribution in [3.63, 3.8) is 0 Å². The Labute approximate surface area is 160 Å². The standard InChI is InChI=1S/C17H23N5O6/c1-9(24)13(16(25)26)20-17(27)19-12(7-10-5-3-2-4-6-10)15-21-14(22-28-15)11(18)8-23/h2-6,9,11-13,23-24H,7-8,18H2,1H3,(H,25,26)(H2,19,20,27)/t9-,11-,12-,13-/m0/s1. The maximum atomic E-state index is 12.3. The van der Waals surface area contributed by atoms with Gasteiger partial charge in [-0.3, -0.25) is 0 Å². The molecule has 4 atom stereocenters. The van der Waals surface area contributed by atoms with E-state index in [2.05, 4.69) is 20.8 Å². The van der Waals surface area contributed by atoms with Crippen molar-refractivity contribution in [2.45, 2.75) is 37.6 Å². The number of nitrogens with one attached hydrogen (secondary N) is 2. The molecule has 2 rings (SSSR count). The van der Waals surface area contributed by atoms with Gasteiger partial charge in [0.15, 0.2) is 11.9 Å². The summed E-state index contributed by atoms with van der Waals surface area (Å²) in [4.78, 5) is 27.5. The highest BCUT2D eigenvalue weighted by atomic mass is 16.5. The van der Waals surface area contributed by atoms with Crippen LogP contribution >= 0.6 is 0 Å². The Bertz CT molecular complexity index is 781. The minimum atomic E-state index is -1.49. The third-order valence-electron chi connectivity index (χ3n) is 3.91. The molecule has 0 unspecified atom stereocenters. The third-order valence-corrected chi connectivity index (χ3v) is 3.91. The quantitative estimate of drug-likeness (QED) is 0.326. The molecule has 2 aromatic rings. The second-order valence-corrected chi connectivity index (χ2v) is 6.20. The number of nitrogens with two attached hydrogens (primary N) is 1. The normalized spacial score (nSPS) is 15.3. The molecule has 2 amide bonds. The van der Waals surface area contributed by atoms with Crippen molar-refractivity contribution >= 4 is 12.0 Å². The molecule has 0 fully saturated rings. The first kappa shape index (κ1) is 21.3. The fraction of sp³-hybridized carbons (Fsp3) is 0.412. The van der Waals surface area contributed by atoms with Gasteiger partial charge in [-0.2, -0.15) is 4.98 Å². The largest absolute Gasteiger partial charge is 0.480 e. The summed E-state index contributed by atoms with van der Waals surface area (Å²) in [6.07, 6.45) is -1.02. The van der Waals surface area contributed by atoms with Crippen molar-refractivity contribution in [2.24, 2.45) is 5.73 Å². The van der Waals surface area contributed by atoms with Gasteiger partial charge in [-0.25, -0.2) is 9.59 Å². The lowest BCUT2D eigenvalue weighted by atomic mass is 10.1. The van der Waals surface area contributed by atoms with E-state index in [0.717, 1.165) is 5.56 Å². The maximum Gasteiger partial charge on any atom is 0.328 e. The number of hydrogen-bond acceptors (Lipinski definition) is 8. The van der Waals surface area contributed by atoms with Gasteiger partial charge in [-0.1, -0.05) is 35.5 Å². The summed E-state index contributed by atoms with van der Waals surface area (Å²) in [5.74, 6) is -1.26. The molecule has 0 aliphatic carbocycles. The van der Waals surface area contributed by atoms with E-state index in [9.17, 15) is 14.7 Å². The predicted molar refractivity (Wildman–Crippen MR) is 96.0 cm³/mol. The maximum absolute atomic E-state index is 12.3. The summed E-state index contributed by atoms with van der Waals surface area (Å²) in [6.45, 7) is 0.867. The van der Waals surface area contributed by atoms with Gasteiger partial charge < -0.3 is 36.2 Å². The number of aliphatic carboxylic acids is 1. The van der Waals surface area contributed by atoms with Crippen LogP contribution in [-0.4, -0.2) is 56.2 Å². The smallest absolute Gasteiger partial charge is 0.328 e. The number of rotatable bonds is 9. The van der Waals surface area contributed by atoms with E-state index in [-0.39, 0.29) is 24.7 Å². The molecule has 28 heavy (non-hydrogen) atoms. The molecular formula is C17H23N5O6. The van der Waals surface area contributed by atoms with E-state index in [1.807, 2.05) is 30.3 Å². The Morgan fingerprint density at radius 3 is 2.50 bits per heavy atom. The van der Waals surface area contributed by atoms with Crippen molar-refractivity contribution in [3.05, 3.63) is 47.6 Å². The SMILES string of the molecule is C[C@H](O)[C@H](NC(=O)N[C@@H](Cc1ccccc1)c1nc([C@@H](N)CO)no1)C(=O)O. The minimum Gasteiger partial charge on any atom is -0.480 e. The number of urea groups is 1. The number of amides is 2. The van der Waals surface area contributed by atoms with Gasteiger partial charge in [0.05, 0.1) is 18.8 Å². The molecule has 1 aromatic carbocycles. The second-order valence-electron chi connectivity index (χ2n) is 6.20. The van der Waals surface area contributed by atoms with E-state index in [4.69, 9.17) is 20.5 Å². The van der Waals surface area contributed by atoms with E-state index in [1.54, 1.807) is 0 Å². The molecule has 0 aliphatic rings. The summed E-state index contributed by atoms with van der Waals surface area (Å²) in [5, 5.41) is 36.2. The number of benzene rings is 1. The molecule has 7 N–H and O–H groups in total. The first-order chi connectivity index (χ1) is 13.3. The van der Waals surface area contributed by atoms with Crippen LogP contribution in [0.15, 0.2) is 34.9 Å². The molecule has 0 spiro atoms. The zero-order valence-corrected chi connectivity index (χ0v) is 15.1. The Morgan fingerprint density at radius 1 is 1.25 bits per heavy atom. The number of aliphatic hydroxyl groups is 2. The fourth-order valence-electron chi connectivity index (χ4n) is 2.40.